The van der Waals surface area contributed by atoms with Crippen molar-refractivity contribution in [1.29, 1.82) is 0 Å². The summed E-state index contributed by atoms with van der Waals surface area (Å²) in [5, 5.41) is 0.587. The summed E-state index contributed by atoms with van der Waals surface area (Å²) in [6.45, 7) is 1.70. The number of amides is 1. The summed E-state index contributed by atoms with van der Waals surface area (Å²) in [4.78, 5) is 14.8. The van der Waals surface area contributed by atoms with Gasteiger partial charge in [0.25, 0.3) is 5.91 Å². The highest BCUT2D eigenvalue weighted by Crippen LogP contribution is 2.43. The van der Waals surface area contributed by atoms with Crippen LogP contribution < -0.4 is 9.47 Å². The maximum absolute atomic E-state index is 13.2. The van der Waals surface area contributed by atoms with Gasteiger partial charge >= 0.3 is 6.18 Å². The average Bonchev–Trinajstić information content (AvgIpc) is 3.22. The van der Waals surface area contributed by atoms with Crippen molar-refractivity contribution in [1.82, 2.24) is 4.90 Å². The van der Waals surface area contributed by atoms with Crippen molar-refractivity contribution in [3.8, 4) is 11.5 Å². The first-order chi connectivity index (χ1) is 15.6. The third kappa shape index (κ3) is 4.62. The van der Waals surface area contributed by atoms with E-state index in [1.54, 1.807) is 11.0 Å². The number of hydrogen-bond acceptors (Lipinski definition) is 5. The molecule has 0 N–H and O–H groups in total. The van der Waals surface area contributed by atoms with Gasteiger partial charge in [0.15, 0.2) is 17.6 Å². The lowest BCUT2D eigenvalue weighted by Gasteiger charge is -2.42. The maximum atomic E-state index is 13.2. The molecule has 33 heavy (non-hydrogen) atoms. The molecule has 3 atom stereocenters. The Balaban J connectivity index is 1.51. The Bertz CT molecular complexity index is 1030. The molecule has 3 unspecified atom stereocenters. The molecule has 2 aliphatic rings. The molecule has 0 spiro atoms. The summed E-state index contributed by atoms with van der Waals surface area (Å²) >= 11 is 6.16. The van der Waals surface area contributed by atoms with Crippen molar-refractivity contribution in [2.75, 3.05) is 27.0 Å². The van der Waals surface area contributed by atoms with E-state index in [0.717, 1.165) is 12.5 Å². The first-order valence-electron chi connectivity index (χ1n) is 10.4. The van der Waals surface area contributed by atoms with E-state index in [1.807, 2.05) is 18.2 Å². The van der Waals surface area contributed by atoms with Crippen molar-refractivity contribution < 1.29 is 36.9 Å². The molecule has 2 aromatic carbocycles. The topological polar surface area (TPSA) is 57.2 Å². The molecule has 2 fully saturated rings. The number of nitrogens with zero attached hydrogens (tertiary/aromatic N) is 1. The van der Waals surface area contributed by atoms with Crippen LogP contribution in [0.5, 0.6) is 11.5 Å². The average molecular weight is 486 g/mol. The SMILES string of the molecule is COc1cc(C(=O)N2CCC3(c4cccc(Cl)c4)OCOC3C2)ccc1OC(C)C(F)(F)F. The van der Waals surface area contributed by atoms with E-state index < -0.39 is 17.9 Å². The molecule has 0 aromatic heterocycles. The van der Waals surface area contributed by atoms with Gasteiger partial charge in [0.05, 0.1) is 13.7 Å². The van der Waals surface area contributed by atoms with Gasteiger partial charge in [-0.25, -0.2) is 0 Å². The summed E-state index contributed by atoms with van der Waals surface area (Å²) in [5.74, 6) is -0.341. The molecule has 0 saturated carbocycles. The number of piperidine rings is 1. The molecule has 2 heterocycles. The number of rotatable bonds is 5. The predicted molar refractivity (Wildman–Crippen MR) is 114 cm³/mol. The second kappa shape index (κ2) is 9.04. The van der Waals surface area contributed by atoms with Crippen LogP contribution in [0.4, 0.5) is 13.2 Å². The van der Waals surface area contributed by atoms with Crippen molar-refractivity contribution in [2.45, 2.75) is 37.3 Å². The van der Waals surface area contributed by atoms with Gasteiger partial charge in [-0.2, -0.15) is 13.2 Å². The lowest BCUT2D eigenvalue weighted by atomic mass is 9.82. The zero-order chi connectivity index (χ0) is 23.8. The number of alkyl halides is 3. The minimum Gasteiger partial charge on any atom is -0.493 e. The van der Waals surface area contributed by atoms with Crippen molar-refractivity contribution in [3.05, 3.63) is 58.6 Å². The fourth-order valence-corrected chi connectivity index (χ4v) is 4.35. The molecule has 2 saturated heterocycles. The number of carbonyl (C=O) groups is 1. The minimum absolute atomic E-state index is 0.0442. The van der Waals surface area contributed by atoms with Crippen molar-refractivity contribution >= 4 is 17.5 Å². The Morgan fingerprint density at radius 3 is 2.73 bits per heavy atom. The van der Waals surface area contributed by atoms with Gasteiger partial charge in [-0.05, 0) is 42.8 Å². The van der Waals surface area contributed by atoms with Crippen LogP contribution >= 0.6 is 11.6 Å². The van der Waals surface area contributed by atoms with Gasteiger partial charge in [-0.1, -0.05) is 23.7 Å². The third-order valence-corrected chi connectivity index (χ3v) is 6.26. The number of carbonyl (C=O) groups excluding carboxylic acids is 1. The Labute approximate surface area is 194 Å². The van der Waals surface area contributed by atoms with E-state index in [9.17, 15) is 18.0 Å². The zero-order valence-corrected chi connectivity index (χ0v) is 18.8. The summed E-state index contributed by atoms with van der Waals surface area (Å²) < 4.78 is 60.5. The molecule has 0 bridgehead atoms. The Hall–Kier alpha value is -2.49. The van der Waals surface area contributed by atoms with Crippen molar-refractivity contribution in [2.24, 2.45) is 0 Å². The Morgan fingerprint density at radius 2 is 2.03 bits per heavy atom. The van der Waals surface area contributed by atoms with E-state index in [2.05, 4.69) is 0 Å². The monoisotopic (exact) mass is 485 g/mol. The highest BCUT2D eigenvalue weighted by molar-refractivity contribution is 6.30. The quantitative estimate of drug-likeness (QED) is 0.609. The van der Waals surface area contributed by atoms with Gasteiger partial charge in [-0.15, -0.1) is 0 Å². The summed E-state index contributed by atoms with van der Waals surface area (Å²) in [6, 6.07) is 11.5. The van der Waals surface area contributed by atoms with Crippen LogP contribution in [0.3, 0.4) is 0 Å². The molecule has 0 radical (unpaired) electrons. The molecule has 2 aromatic rings. The molecule has 10 heteroatoms. The second-order valence-corrected chi connectivity index (χ2v) is 8.42. The van der Waals surface area contributed by atoms with E-state index in [0.29, 0.717) is 18.0 Å². The lowest BCUT2D eigenvalue weighted by Crippen LogP contribution is -2.53. The minimum atomic E-state index is -4.52. The molecular formula is C23H23ClF3NO5. The number of likely N-dealkylation sites (tertiary alicyclic amines) is 1. The third-order valence-electron chi connectivity index (χ3n) is 6.02. The van der Waals surface area contributed by atoms with E-state index in [1.165, 1.54) is 25.3 Å². The van der Waals surface area contributed by atoms with Crippen LogP contribution in [-0.4, -0.2) is 56.2 Å². The fraction of sp³-hybridized carbons (Fsp3) is 0.435. The molecule has 0 aliphatic carbocycles. The summed E-state index contributed by atoms with van der Waals surface area (Å²) in [5.41, 5.74) is 0.477. The Morgan fingerprint density at radius 1 is 1.24 bits per heavy atom. The van der Waals surface area contributed by atoms with E-state index in [-0.39, 0.29) is 42.4 Å². The number of benzene rings is 2. The second-order valence-electron chi connectivity index (χ2n) is 7.99. The highest BCUT2D eigenvalue weighted by atomic mass is 35.5. The van der Waals surface area contributed by atoms with Crippen molar-refractivity contribution in [3.63, 3.8) is 0 Å². The fourth-order valence-electron chi connectivity index (χ4n) is 4.16. The molecule has 178 valence electrons. The number of methoxy groups -OCH3 is 1. The standard InChI is InChI=1S/C23H23ClF3NO5/c1-14(23(25,26)27)33-18-7-6-15(10-19(18)30-2)21(29)28-9-8-22(20(12-28)31-13-32-22)16-4-3-5-17(24)11-16/h3-7,10-11,14,20H,8-9,12-13H2,1-2H3. The van der Waals surface area contributed by atoms with Gasteiger partial charge in [0, 0.05) is 23.6 Å². The van der Waals surface area contributed by atoms with Gasteiger partial charge in [0.2, 0.25) is 0 Å². The molecule has 4 rings (SSSR count). The van der Waals surface area contributed by atoms with Crippen LogP contribution in [0.25, 0.3) is 0 Å². The highest BCUT2D eigenvalue weighted by Gasteiger charge is 2.51. The summed E-state index contributed by atoms with van der Waals surface area (Å²) in [6.07, 6.45) is -6.42. The zero-order valence-electron chi connectivity index (χ0n) is 18.0. The predicted octanol–water partition coefficient (Wildman–Crippen LogP) is 4.79. The molecule has 1 amide bonds. The maximum Gasteiger partial charge on any atom is 0.425 e. The van der Waals surface area contributed by atoms with Crippen LogP contribution in [-0.2, 0) is 15.1 Å². The number of halogens is 4. The first-order valence-corrected chi connectivity index (χ1v) is 10.7. The smallest absolute Gasteiger partial charge is 0.425 e. The van der Waals surface area contributed by atoms with Crippen LogP contribution in [0.2, 0.25) is 5.02 Å². The van der Waals surface area contributed by atoms with Gasteiger partial charge < -0.3 is 23.8 Å². The normalized spacial score (nSPS) is 23.7. The van der Waals surface area contributed by atoms with Crippen LogP contribution in [0.15, 0.2) is 42.5 Å². The molecule has 6 nitrogen and oxygen atoms in total. The van der Waals surface area contributed by atoms with Crippen LogP contribution in [0, 0.1) is 0 Å². The lowest BCUT2D eigenvalue weighted by molar-refractivity contribution is -0.189. The number of hydrogen-bond donors (Lipinski definition) is 0. The number of ether oxygens (including phenoxy) is 4. The Kier molecular flexibility index (Phi) is 6.48. The van der Waals surface area contributed by atoms with Gasteiger partial charge in [0.1, 0.15) is 18.5 Å². The molecular weight excluding hydrogens is 463 g/mol. The van der Waals surface area contributed by atoms with Gasteiger partial charge in [-0.3, -0.25) is 4.79 Å². The molecule has 2 aliphatic heterocycles. The van der Waals surface area contributed by atoms with E-state index >= 15 is 0 Å². The van der Waals surface area contributed by atoms with Crippen LogP contribution in [0.1, 0.15) is 29.3 Å². The number of fused-ring (bicyclic) bond motifs is 1. The largest absolute Gasteiger partial charge is 0.493 e. The first kappa shape index (κ1) is 23.7. The van der Waals surface area contributed by atoms with E-state index in [4.69, 9.17) is 30.5 Å². The summed E-state index contributed by atoms with van der Waals surface area (Å²) in [7, 11) is 1.30.